The molecule has 0 aromatic rings. The van der Waals surface area contributed by atoms with E-state index in [9.17, 15) is 14.4 Å². The molecule has 0 unspecified atom stereocenters. The van der Waals surface area contributed by atoms with E-state index < -0.39 is 6.10 Å². The zero-order valence-corrected chi connectivity index (χ0v) is 44.5. The SMILES string of the molecule is CCCCC/C=C/C/C=C/CCCCCCCCCC(=O)OC[C@@H](COC(=O)CCCCCCCCCCCCCCCC)OC(=O)CCCCCCCCCCCCCCCCCCC. The van der Waals surface area contributed by atoms with Gasteiger partial charge in [0, 0.05) is 19.3 Å². The lowest BCUT2D eigenvalue weighted by Gasteiger charge is -2.18. The van der Waals surface area contributed by atoms with Gasteiger partial charge in [0.15, 0.2) is 6.10 Å². The maximum absolute atomic E-state index is 12.9. The first kappa shape index (κ1) is 63.9. The molecule has 0 aromatic heterocycles. The van der Waals surface area contributed by atoms with Crippen LogP contribution in [0, 0.1) is 0 Å². The molecular formula is C60H112O6. The van der Waals surface area contributed by atoms with E-state index in [1.807, 2.05) is 0 Å². The van der Waals surface area contributed by atoms with Gasteiger partial charge < -0.3 is 14.2 Å². The van der Waals surface area contributed by atoms with Crippen molar-refractivity contribution in [1.82, 2.24) is 0 Å². The largest absolute Gasteiger partial charge is 0.462 e. The van der Waals surface area contributed by atoms with E-state index >= 15 is 0 Å². The average Bonchev–Trinajstić information content (AvgIpc) is 3.31. The summed E-state index contributed by atoms with van der Waals surface area (Å²) in [5, 5.41) is 0. The lowest BCUT2D eigenvalue weighted by atomic mass is 10.0. The molecule has 0 rings (SSSR count). The van der Waals surface area contributed by atoms with Crippen LogP contribution in [0.4, 0.5) is 0 Å². The highest BCUT2D eigenvalue weighted by atomic mass is 16.6. The monoisotopic (exact) mass is 929 g/mol. The minimum absolute atomic E-state index is 0.0680. The van der Waals surface area contributed by atoms with E-state index in [1.54, 1.807) is 0 Å². The Morgan fingerprint density at radius 1 is 0.303 bits per heavy atom. The number of esters is 3. The van der Waals surface area contributed by atoms with Gasteiger partial charge >= 0.3 is 17.9 Å². The van der Waals surface area contributed by atoms with Gasteiger partial charge in [0.1, 0.15) is 13.2 Å². The number of hydrogen-bond donors (Lipinski definition) is 0. The first-order valence-corrected chi connectivity index (χ1v) is 29.3. The van der Waals surface area contributed by atoms with Crippen molar-refractivity contribution >= 4 is 17.9 Å². The van der Waals surface area contributed by atoms with Gasteiger partial charge in [-0.1, -0.05) is 276 Å². The normalized spacial score (nSPS) is 12.1. The zero-order chi connectivity index (χ0) is 47.9. The lowest BCUT2D eigenvalue weighted by Crippen LogP contribution is -2.30. The van der Waals surface area contributed by atoms with E-state index in [-0.39, 0.29) is 31.1 Å². The molecule has 66 heavy (non-hydrogen) atoms. The van der Waals surface area contributed by atoms with Crippen LogP contribution in [0.15, 0.2) is 24.3 Å². The summed E-state index contributed by atoms with van der Waals surface area (Å²) in [5.74, 6) is -0.853. The highest BCUT2D eigenvalue weighted by Crippen LogP contribution is 2.17. The van der Waals surface area contributed by atoms with Gasteiger partial charge in [-0.2, -0.15) is 0 Å². The Bertz CT molecular complexity index is 1070. The molecule has 0 heterocycles. The molecule has 0 saturated heterocycles. The topological polar surface area (TPSA) is 78.9 Å². The lowest BCUT2D eigenvalue weighted by molar-refractivity contribution is -0.167. The smallest absolute Gasteiger partial charge is 0.306 e. The Morgan fingerprint density at radius 3 is 0.864 bits per heavy atom. The third-order valence-corrected chi connectivity index (χ3v) is 13.2. The van der Waals surface area contributed by atoms with E-state index in [0.29, 0.717) is 19.3 Å². The van der Waals surface area contributed by atoms with Gasteiger partial charge in [-0.15, -0.1) is 0 Å². The number of allylic oxidation sites excluding steroid dienone is 4. The van der Waals surface area contributed by atoms with Crippen molar-refractivity contribution in [2.75, 3.05) is 13.2 Å². The van der Waals surface area contributed by atoms with Gasteiger partial charge in [0.2, 0.25) is 0 Å². The fourth-order valence-corrected chi connectivity index (χ4v) is 8.77. The van der Waals surface area contributed by atoms with Gasteiger partial charge in [-0.3, -0.25) is 14.4 Å². The van der Waals surface area contributed by atoms with Crippen LogP contribution in [0.3, 0.4) is 0 Å². The van der Waals surface area contributed by atoms with Crippen LogP contribution in [0.1, 0.15) is 323 Å². The molecule has 0 amide bonds. The predicted octanol–water partition coefficient (Wildman–Crippen LogP) is 19.5. The maximum atomic E-state index is 12.9. The maximum Gasteiger partial charge on any atom is 0.306 e. The van der Waals surface area contributed by atoms with E-state index in [2.05, 4.69) is 45.1 Å². The molecular weight excluding hydrogens is 817 g/mol. The molecule has 0 fully saturated rings. The molecule has 0 bridgehead atoms. The highest BCUT2D eigenvalue weighted by Gasteiger charge is 2.19. The van der Waals surface area contributed by atoms with Gasteiger partial charge in [0.05, 0.1) is 0 Å². The minimum Gasteiger partial charge on any atom is -0.462 e. The highest BCUT2D eigenvalue weighted by molar-refractivity contribution is 5.71. The molecule has 0 saturated carbocycles. The Balaban J connectivity index is 4.33. The van der Waals surface area contributed by atoms with Crippen LogP contribution in [-0.4, -0.2) is 37.2 Å². The molecule has 0 aliphatic heterocycles. The molecule has 6 nitrogen and oxygen atoms in total. The second-order valence-electron chi connectivity index (χ2n) is 19.9. The van der Waals surface area contributed by atoms with Gasteiger partial charge in [0.25, 0.3) is 0 Å². The summed E-state index contributed by atoms with van der Waals surface area (Å²) in [6.45, 7) is 6.66. The average molecular weight is 930 g/mol. The van der Waals surface area contributed by atoms with Crippen molar-refractivity contribution in [2.24, 2.45) is 0 Å². The molecule has 0 radical (unpaired) electrons. The Labute approximate surface area is 411 Å². The fraction of sp³-hybridized carbons (Fsp3) is 0.883. The van der Waals surface area contributed by atoms with Crippen LogP contribution >= 0.6 is 0 Å². The molecule has 0 aromatic carbocycles. The molecule has 388 valence electrons. The summed E-state index contributed by atoms with van der Waals surface area (Å²) in [5.41, 5.74) is 0. The summed E-state index contributed by atoms with van der Waals surface area (Å²) in [6, 6.07) is 0. The molecule has 0 spiro atoms. The number of unbranched alkanes of at least 4 members (excludes halogenated alkanes) is 39. The summed E-state index contributed by atoms with van der Waals surface area (Å²) in [6.07, 6.45) is 64.5. The second-order valence-corrected chi connectivity index (χ2v) is 19.9. The van der Waals surface area contributed by atoms with Gasteiger partial charge in [-0.05, 0) is 51.4 Å². The number of hydrogen-bond acceptors (Lipinski definition) is 6. The number of rotatable bonds is 54. The van der Waals surface area contributed by atoms with Crippen molar-refractivity contribution < 1.29 is 28.6 Å². The quantitative estimate of drug-likeness (QED) is 0.0262. The molecule has 0 aliphatic rings. The van der Waals surface area contributed by atoms with Crippen LogP contribution in [-0.2, 0) is 28.6 Å². The predicted molar refractivity (Wildman–Crippen MR) is 284 cm³/mol. The molecule has 6 heteroatoms. The molecule has 0 aliphatic carbocycles. The van der Waals surface area contributed by atoms with Crippen molar-refractivity contribution in [2.45, 2.75) is 329 Å². The summed E-state index contributed by atoms with van der Waals surface area (Å²) in [4.78, 5) is 38.2. The molecule has 1 atom stereocenters. The summed E-state index contributed by atoms with van der Waals surface area (Å²) in [7, 11) is 0. The number of carbonyl (C=O) groups is 3. The van der Waals surface area contributed by atoms with E-state index in [1.165, 1.54) is 212 Å². The Morgan fingerprint density at radius 2 is 0.545 bits per heavy atom. The van der Waals surface area contributed by atoms with Crippen molar-refractivity contribution in [3.05, 3.63) is 24.3 Å². The van der Waals surface area contributed by atoms with Crippen molar-refractivity contribution in [3.63, 3.8) is 0 Å². The van der Waals surface area contributed by atoms with E-state index in [0.717, 1.165) is 70.6 Å². The first-order valence-electron chi connectivity index (χ1n) is 29.3. The minimum atomic E-state index is -0.769. The number of ether oxygens (including phenoxy) is 3. The van der Waals surface area contributed by atoms with Crippen molar-refractivity contribution in [3.8, 4) is 0 Å². The Kier molecular flexibility index (Phi) is 53.7. The second kappa shape index (κ2) is 55.5. The number of carbonyl (C=O) groups excluding carboxylic acids is 3. The zero-order valence-electron chi connectivity index (χ0n) is 44.5. The molecule has 0 N–H and O–H groups in total. The van der Waals surface area contributed by atoms with Crippen LogP contribution < -0.4 is 0 Å². The van der Waals surface area contributed by atoms with Crippen LogP contribution in [0.5, 0.6) is 0 Å². The third kappa shape index (κ3) is 52.9. The van der Waals surface area contributed by atoms with Crippen LogP contribution in [0.25, 0.3) is 0 Å². The standard InChI is InChI=1S/C60H112O6/c1-4-7-10-13-16-19-22-25-28-30-32-35-38-41-44-47-50-53-59(62)65-56-57(55-64-58(61)52-49-46-43-40-37-34-27-24-21-18-15-12-9-6-3)66-60(63)54-51-48-45-42-39-36-33-31-29-26-23-20-17-14-11-8-5-2/h16,19,25,28,57H,4-15,17-18,20-24,26-27,29-56H2,1-3H3/b19-16+,28-25+/t57-/m1/s1. The van der Waals surface area contributed by atoms with E-state index in [4.69, 9.17) is 14.2 Å². The van der Waals surface area contributed by atoms with Crippen molar-refractivity contribution in [1.29, 1.82) is 0 Å². The first-order chi connectivity index (χ1) is 32.5. The summed E-state index contributed by atoms with van der Waals surface area (Å²) < 4.78 is 16.9. The summed E-state index contributed by atoms with van der Waals surface area (Å²) >= 11 is 0. The fourth-order valence-electron chi connectivity index (χ4n) is 8.77. The van der Waals surface area contributed by atoms with Gasteiger partial charge in [-0.25, -0.2) is 0 Å². The Hall–Kier alpha value is -2.11. The van der Waals surface area contributed by atoms with Crippen LogP contribution in [0.2, 0.25) is 0 Å². The third-order valence-electron chi connectivity index (χ3n) is 13.2.